The van der Waals surface area contributed by atoms with Crippen LogP contribution in [-0.4, -0.2) is 34.5 Å². The number of nitrogens with one attached hydrogen (secondary N) is 1. The molecule has 1 aliphatic heterocycles. The molecule has 1 heterocycles. The molecule has 94 valence electrons. The number of urea groups is 1. The standard InChI is InChI=1S/C11H9ClN2O4/c12-7-4-2-1-3-6(7)9-10(17)14(5-8(15)16)11(18)13-9/h1-4,9H,5H2,(H,13,18)(H,15,16)/t9-/m1/s1. The van der Waals surface area contributed by atoms with Crippen LogP contribution in [0.1, 0.15) is 11.6 Å². The second kappa shape index (κ2) is 4.66. The van der Waals surface area contributed by atoms with E-state index in [1.807, 2.05) is 0 Å². The Morgan fingerprint density at radius 3 is 2.67 bits per heavy atom. The van der Waals surface area contributed by atoms with Gasteiger partial charge in [-0.15, -0.1) is 0 Å². The van der Waals surface area contributed by atoms with Gasteiger partial charge in [-0.1, -0.05) is 29.8 Å². The van der Waals surface area contributed by atoms with Crippen molar-refractivity contribution >= 4 is 29.5 Å². The normalized spacial score (nSPS) is 18.9. The Hall–Kier alpha value is -2.08. The number of nitrogens with zero attached hydrogens (tertiary/aromatic N) is 1. The Balaban J connectivity index is 2.28. The summed E-state index contributed by atoms with van der Waals surface area (Å²) >= 11 is 5.93. The lowest BCUT2D eigenvalue weighted by Crippen LogP contribution is -2.35. The van der Waals surface area contributed by atoms with Crippen LogP contribution in [0.4, 0.5) is 4.79 Å². The van der Waals surface area contributed by atoms with E-state index in [1.54, 1.807) is 24.3 Å². The van der Waals surface area contributed by atoms with Crippen molar-refractivity contribution in [2.45, 2.75) is 6.04 Å². The van der Waals surface area contributed by atoms with Crippen LogP contribution in [0.15, 0.2) is 24.3 Å². The SMILES string of the molecule is O=C(O)CN1C(=O)N[C@H](c2ccccc2Cl)C1=O. The number of hydrogen-bond acceptors (Lipinski definition) is 3. The maximum atomic E-state index is 11.9. The fraction of sp³-hybridized carbons (Fsp3) is 0.182. The zero-order chi connectivity index (χ0) is 13.3. The Bertz CT molecular complexity index is 532. The predicted octanol–water partition coefficient (Wildman–Crippen LogP) is 1.02. The average Bonchev–Trinajstić information content (AvgIpc) is 2.57. The van der Waals surface area contributed by atoms with Crippen LogP contribution >= 0.6 is 11.6 Å². The molecule has 7 heteroatoms. The maximum Gasteiger partial charge on any atom is 0.325 e. The first-order chi connectivity index (χ1) is 8.50. The van der Waals surface area contributed by atoms with Gasteiger partial charge in [0.25, 0.3) is 5.91 Å². The first-order valence-corrected chi connectivity index (χ1v) is 5.46. The number of benzene rings is 1. The molecule has 6 nitrogen and oxygen atoms in total. The van der Waals surface area contributed by atoms with Gasteiger partial charge in [0.2, 0.25) is 0 Å². The molecular formula is C11H9ClN2O4. The smallest absolute Gasteiger partial charge is 0.325 e. The number of imide groups is 1. The van der Waals surface area contributed by atoms with Gasteiger partial charge in [-0.3, -0.25) is 14.5 Å². The van der Waals surface area contributed by atoms with Gasteiger partial charge in [-0.2, -0.15) is 0 Å². The first kappa shape index (κ1) is 12.4. The summed E-state index contributed by atoms with van der Waals surface area (Å²) in [6.45, 7) is -0.661. The maximum absolute atomic E-state index is 11.9. The van der Waals surface area contributed by atoms with Crippen LogP contribution in [0.3, 0.4) is 0 Å². The van der Waals surface area contributed by atoms with Gasteiger partial charge in [-0.25, -0.2) is 4.79 Å². The van der Waals surface area contributed by atoms with Crippen molar-refractivity contribution in [3.05, 3.63) is 34.9 Å². The van der Waals surface area contributed by atoms with E-state index < -0.39 is 30.5 Å². The highest BCUT2D eigenvalue weighted by Gasteiger charge is 2.40. The number of aliphatic carboxylic acids is 1. The highest BCUT2D eigenvalue weighted by atomic mass is 35.5. The molecule has 3 amide bonds. The molecule has 0 bridgehead atoms. The third-order valence-electron chi connectivity index (χ3n) is 2.54. The second-order valence-corrected chi connectivity index (χ2v) is 4.13. The molecule has 1 atom stereocenters. The number of hydrogen-bond donors (Lipinski definition) is 2. The molecule has 1 aromatic rings. The van der Waals surface area contributed by atoms with Crippen LogP contribution in [0, 0.1) is 0 Å². The van der Waals surface area contributed by atoms with Crippen LogP contribution < -0.4 is 5.32 Å². The molecule has 2 N–H and O–H groups in total. The van der Waals surface area contributed by atoms with Gasteiger partial charge < -0.3 is 10.4 Å². The van der Waals surface area contributed by atoms with E-state index in [4.69, 9.17) is 16.7 Å². The number of halogens is 1. The summed E-state index contributed by atoms with van der Waals surface area (Å²) in [6, 6.07) is 4.92. The molecule has 0 unspecified atom stereocenters. The van der Waals surface area contributed by atoms with Gasteiger partial charge in [0.15, 0.2) is 0 Å². The topological polar surface area (TPSA) is 86.7 Å². The quantitative estimate of drug-likeness (QED) is 0.801. The Morgan fingerprint density at radius 2 is 2.06 bits per heavy atom. The van der Waals surface area contributed by atoms with Gasteiger partial charge in [-0.05, 0) is 6.07 Å². The van der Waals surface area contributed by atoms with E-state index in [9.17, 15) is 14.4 Å². The van der Waals surface area contributed by atoms with E-state index in [1.165, 1.54) is 0 Å². The number of carbonyl (C=O) groups excluding carboxylic acids is 2. The van der Waals surface area contributed by atoms with Crippen LogP contribution in [0.2, 0.25) is 5.02 Å². The summed E-state index contributed by atoms with van der Waals surface area (Å²) < 4.78 is 0. The Kier molecular flexibility index (Phi) is 3.20. The fourth-order valence-electron chi connectivity index (χ4n) is 1.72. The van der Waals surface area contributed by atoms with Crippen LogP contribution in [-0.2, 0) is 9.59 Å². The molecule has 1 saturated heterocycles. The van der Waals surface area contributed by atoms with Gasteiger partial charge >= 0.3 is 12.0 Å². The average molecular weight is 269 g/mol. The molecular weight excluding hydrogens is 260 g/mol. The van der Waals surface area contributed by atoms with Crippen molar-refractivity contribution in [1.82, 2.24) is 10.2 Å². The fourth-order valence-corrected chi connectivity index (χ4v) is 1.97. The Labute approximate surface area is 107 Å². The molecule has 0 spiro atoms. The number of amides is 3. The molecule has 2 rings (SSSR count). The number of carboxylic acids is 1. The van der Waals surface area contributed by atoms with Crippen molar-refractivity contribution < 1.29 is 19.5 Å². The van der Waals surface area contributed by atoms with E-state index in [2.05, 4.69) is 5.32 Å². The minimum Gasteiger partial charge on any atom is -0.480 e. The molecule has 18 heavy (non-hydrogen) atoms. The highest BCUT2D eigenvalue weighted by Crippen LogP contribution is 2.27. The summed E-state index contributed by atoms with van der Waals surface area (Å²) in [5, 5.41) is 11.4. The van der Waals surface area contributed by atoms with E-state index >= 15 is 0 Å². The zero-order valence-corrected chi connectivity index (χ0v) is 9.85. The molecule has 1 aliphatic rings. The lowest BCUT2D eigenvalue weighted by molar-refractivity contribution is -0.141. The summed E-state index contributed by atoms with van der Waals surface area (Å²) in [7, 11) is 0. The lowest BCUT2D eigenvalue weighted by atomic mass is 10.1. The molecule has 1 aromatic carbocycles. The number of carboxylic acid groups (broad SMARTS) is 1. The summed E-state index contributed by atoms with van der Waals surface area (Å²) in [6.07, 6.45) is 0. The van der Waals surface area contributed by atoms with E-state index in [-0.39, 0.29) is 0 Å². The number of rotatable bonds is 3. The molecule has 0 saturated carbocycles. The minimum atomic E-state index is -1.25. The van der Waals surface area contributed by atoms with E-state index in [0.29, 0.717) is 15.5 Å². The van der Waals surface area contributed by atoms with Gasteiger partial charge in [0.1, 0.15) is 12.6 Å². The van der Waals surface area contributed by atoms with Crippen molar-refractivity contribution in [2.75, 3.05) is 6.54 Å². The highest BCUT2D eigenvalue weighted by molar-refractivity contribution is 6.31. The molecule has 0 aliphatic carbocycles. The summed E-state index contributed by atoms with van der Waals surface area (Å²) in [5.74, 6) is -1.87. The third kappa shape index (κ3) is 2.14. The lowest BCUT2D eigenvalue weighted by Gasteiger charge is -2.11. The Morgan fingerprint density at radius 1 is 1.39 bits per heavy atom. The van der Waals surface area contributed by atoms with Crippen molar-refractivity contribution in [1.29, 1.82) is 0 Å². The molecule has 0 radical (unpaired) electrons. The number of carbonyl (C=O) groups is 3. The second-order valence-electron chi connectivity index (χ2n) is 3.72. The van der Waals surface area contributed by atoms with Gasteiger partial charge in [0.05, 0.1) is 0 Å². The van der Waals surface area contributed by atoms with Crippen molar-refractivity contribution in [2.24, 2.45) is 0 Å². The third-order valence-corrected chi connectivity index (χ3v) is 2.88. The van der Waals surface area contributed by atoms with Crippen LogP contribution in [0.5, 0.6) is 0 Å². The van der Waals surface area contributed by atoms with Crippen molar-refractivity contribution in [3.63, 3.8) is 0 Å². The molecule has 1 fully saturated rings. The summed E-state index contributed by atoms with van der Waals surface area (Å²) in [5.41, 5.74) is 0.449. The predicted molar refractivity (Wildman–Crippen MR) is 62.1 cm³/mol. The van der Waals surface area contributed by atoms with Gasteiger partial charge in [0, 0.05) is 10.6 Å². The zero-order valence-electron chi connectivity index (χ0n) is 9.09. The largest absolute Gasteiger partial charge is 0.480 e. The van der Waals surface area contributed by atoms with Crippen LogP contribution in [0.25, 0.3) is 0 Å². The minimum absolute atomic E-state index is 0.341. The molecule has 0 aromatic heterocycles. The van der Waals surface area contributed by atoms with Crippen molar-refractivity contribution in [3.8, 4) is 0 Å². The first-order valence-electron chi connectivity index (χ1n) is 5.09. The van der Waals surface area contributed by atoms with E-state index in [0.717, 1.165) is 0 Å². The summed E-state index contributed by atoms with van der Waals surface area (Å²) in [4.78, 5) is 34.6. The monoisotopic (exact) mass is 268 g/mol.